The summed E-state index contributed by atoms with van der Waals surface area (Å²) in [5, 5.41) is 5.50. The second-order valence-corrected chi connectivity index (χ2v) is 8.81. The van der Waals surface area contributed by atoms with Crippen LogP contribution in [0.1, 0.15) is 49.0 Å². The average molecular weight is 398 g/mol. The highest BCUT2D eigenvalue weighted by atomic mass is 16.2. The number of fused-ring (bicyclic) bond motifs is 1. The lowest BCUT2D eigenvalue weighted by molar-refractivity contribution is -0.137. The number of nitrogens with one attached hydrogen (secondary N) is 2. The molecule has 154 valence electrons. The van der Waals surface area contributed by atoms with Gasteiger partial charge in [0.25, 0.3) is 5.91 Å². The number of carbonyl (C=O) groups excluding carboxylic acids is 4. The molecule has 3 aliphatic rings. The highest BCUT2D eigenvalue weighted by molar-refractivity contribution is 6.06. The number of piperidine rings is 1. The molecule has 4 rings (SSSR count). The Labute approximate surface area is 169 Å². The summed E-state index contributed by atoms with van der Waals surface area (Å²) in [6.45, 7) is 6.29. The minimum absolute atomic E-state index is 0.0412. The number of hydrogen-bond donors (Lipinski definition) is 2. The maximum atomic E-state index is 12.9. The summed E-state index contributed by atoms with van der Waals surface area (Å²) in [7, 11) is 0. The molecule has 2 N–H and O–H groups in total. The first-order valence-corrected chi connectivity index (χ1v) is 10.0. The van der Waals surface area contributed by atoms with E-state index in [4.69, 9.17) is 0 Å². The Morgan fingerprint density at radius 3 is 2.76 bits per heavy atom. The maximum absolute atomic E-state index is 12.9. The van der Waals surface area contributed by atoms with Crippen molar-refractivity contribution < 1.29 is 19.2 Å². The van der Waals surface area contributed by atoms with E-state index in [2.05, 4.69) is 24.5 Å². The third-order valence-corrected chi connectivity index (χ3v) is 6.04. The van der Waals surface area contributed by atoms with Gasteiger partial charge in [0.1, 0.15) is 6.04 Å². The normalized spacial score (nSPS) is 23.2. The SMILES string of the molecule is CC1(C)CCN(C(=O)CNc2cccc3c2CN(C2CCC(=O)NC2=O)C3=O)C1. The number of imide groups is 1. The van der Waals surface area contributed by atoms with E-state index in [0.717, 1.165) is 30.8 Å². The zero-order chi connectivity index (χ0) is 20.8. The van der Waals surface area contributed by atoms with E-state index in [1.54, 1.807) is 12.1 Å². The Morgan fingerprint density at radius 1 is 1.28 bits per heavy atom. The van der Waals surface area contributed by atoms with Crippen molar-refractivity contribution in [3.63, 3.8) is 0 Å². The van der Waals surface area contributed by atoms with Crippen LogP contribution in [0, 0.1) is 5.41 Å². The molecule has 1 aromatic carbocycles. The van der Waals surface area contributed by atoms with Gasteiger partial charge in [-0.3, -0.25) is 24.5 Å². The number of amides is 4. The third kappa shape index (κ3) is 3.71. The Morgan fingerprint density at radius 2 is 2.07 bits per heavy atom. The molecule has 0 bridgehead atoms. The zero-order valence-corrected chi connectivity index (χ0v) is 16.8. The van der Waals surface area contributed by atoms with E-state index in [-0.39, 0.29) is 42.6 Å². The summed E-state index contributed by atoms with van der Waals surface area (Å²) < 4.78 is 0. The molecule has 3 aliphatic heterocycles. The van der Waals surface area contributed by atoms with E-state index >= 15 is 0 Å². The van der Waals surface area contributed by atoms with Crippen LogP contribution in [-0.2, 0) is 20.9 Å². The largest absolute Gasteiger partial charge is 0.376 e. The van der Waals surface area contributed by atoms with Crippen LogP contribution >= 0.6 is 0 Å². The molecule has 1 atom stereocenters. The van der Waals surface area contributed by atoms with Gasteiger partial charge >= 0.3 is 0 Å². The topological polar surface area (TPSA) is 98.8 Å². The lowest BCUT2D eigenvalue weighted by Gasteiger charge is -2.29. The minimum Gasteiger partial charge on any atom is -0.376 e. The second-order valence-electron chi connectivity index (χ2n) is 8.81. The fourth-order valence-electron chi connectivity index (χ4n) is 4.36. The van der Waals surface area contributed by atoms with Crippen molar-refractivity contribution in [1.29, 1.82) is 0 Å². The summed E-state index contributed by atoms with van der Waals surface area (Å²) in [5.74, 6) is -0.907. The highest BCUT2D eigenvalue weighted by Crippen LogP contribution is 2.32. The minimum atomic E-state index is -0.645. The first-order chi connectivity index (χ1) is 13.7. The van der Waals surface area contributed by atoms with E-state index in [9.17, 15) is 19.2 Å². The van der Waals surface area contributed by atoms with Crippen LogP contribution < -0.4 is 10.6 Å². The van der Waals surface area contributed by atoms with Crippen molar-refractivity contribution in [3.8, 4) is 0 Å². The molecule has 0 aromatic heterocycles. The van der Waals surface area contributed by atoms with Crippen molar-refractivity contribution in [2.24, 2.45) is 5.41 Å². The number of anilines is 1. The predicted molar refractivity (Wildman–Crippen MR) is 106 cm³/mol. The van der Waals surface area contributed by atoms with Crippen LogP contribution in [0.15, 0.2) is 18.2 Å². The maximum Gasteiger partial charge on any atom is 0.255 e. The quantitative estimate of drug-likeness (QED) is 0.741. The van der Waals surface area contributed by atoms with Gasteiger partial charge in [0, 0.05) is 42.9 Å². The average Bonchev–Trinajstić information content (AvgIpc) is 3.20. The second kappa shape index (κ2) is 7.17. The third-order valence-electron chi connectivity index (χ3n) is 6.04. The molecule has 0 aliphatic carbocycles. The van der Waals surface area contributed by atoms with Crippen molar-refractivity contribution in [2.45, 2.75) is 45.7 Å². The first kappa shape index (κ1) is 19.4. The number of hydrogen-bond acceptors (Lipinski definition) is 5. The fraction of sp³-hybridized carbons (Fsp3) is 0.524. The summed E-state index contributed by atoms with van der Waals surface area (Å²) in [6.07, 6.45) is 1.55. The molecule has 4 amide bonds. The van der Waals surface area contributed by atoms with Crippen LogP contribution in [0.3, 0.4) is 0 Å². The van der Waals surface area contributed by atoms with Gasteiger partial charge < -0.3 is 15.1 Å². The van der Waals surface area contributed by atoms with Crippen molar-refractivity contribution in [2.75, 3.05) is 25.0 Å². The molecule has 3 heterocycles. The molecular weight excluding hydrogens is 372 g/mol. The van der Waals surface area contributed by atoms with Crippen LogP contribution in [0.5, 0.6) is 0 Å². The molecule has 8 heteroatoms. The Balaban J connectivity index is 1.45. The van der Waals surface area contributed by atoms with Gasteiger partial charge in [-0.15, -0.1) is 0 Å². The number of likely N-dealkylation sites (tertiary alicyclic amines) is 1. The number of carbonyl (C=O) groups is 4. The summed E-state index contributed by atoms with van der Waals surface area (Å²) >= 11 is 0. The Kier molecular flexibility index (Phi) is 4.80. The summed E-state index contributed by atoms with van der Waals surface area (Å²) in [6, 6.07) is 4.71. The Bertz CT molecular complexity index is 895. The van der Waals surface area contributed by atoms with E-state index in [0.29, 0.717) is 12.0 Å². The highest BCUT2D eigenvalue weighted by Gasteiger charge is 2.40. The van der Waals surface area contributed by atoms with Crippen LogP contribution in [0.4, 0.5) is 5.69 Å². The first-order valence-electron chi connectivity index (χ1n) is 10.0. The summed E-state index contributed by atoms with van der Waals surface area (Å²) in [4.78, 5) is 52.4. The molecular formula is C21H26N4O4. The lowest BCUT2D eigenvalue weighted by atomic mass is 9.93. The molecule has 1 unspecified atom stereocenters. The fourth-order valence-corrected chi connectivity index (χ4v) is 4.36. The molecule has 29 heavy (non-hydrogen) atoms. The summed E-state index contributed by atoms with van der Waals surface area (Å²) in [5.41, 5.74) is 2.21. The molecule has 0 saturated carbocycles. The van der Waals surface area contributed by atoms with Crippen molar-refractivity contribution in [1.82, 2.24) is 15.1 Å². The van der Waals surface area contributed by atoms with Crippen LogP contribution in [0.25, 0.3) is 0 Å². The van der Waals surface area contributed by atoms with Crippen LogP contribution in [-0.4, -0.2) is 59.1 Å². The van der Waals surface area contributed by atoms with Gasteiger partial charge in [-0.1, -0.05) is 19.9 Å². The number of rotatable bonds is 4. The van der Waals surface area contributed by atoms with Gasteiger partial charge in [0.2, 0.25) is 17.7 Å². The van der Waals surface area contributed by atoms with E-state index in [1.165, 1.54) is 4.90 Å². The molecule has 1 aromatic rings. The monoisotopic (exact) mass is 398 g/mol. The molecule has 0 radical (unpaired) electrons. The smallest absolute Gasteiger partial charge is 0.255 e. The number of nitrogens with zero attached hydrogens (tertiary/aromatic N) is 2. The number of benzene rings is 1. The van der Waals surface area contributed by atoms with Gasteiger partial charge in [-0.25, -0.2) is 0 Å². The van der Waals surface area contributed by atoms with E-state index < -0.39 is 11.9 Å². The van der Waals surface area contributed by atoms with Gasteiger partial charge in [-0.05, 0) is 30.4 Å². The molecule has 2 saturated heterocycles. The zero-order valence-electron chi connectivity index (χ0n) is 16.8. The van der Waals surface area contributed by atoms with Crippen molar-refractivity contribution in [3.05, 3.63) is 29.3 Å². The molecule has 0 spiro atoms. The predicted octanol–water partition coefficient (Wildman–Crippen LogP) is 1.12. The molecule has 2 fully saturated rings. The van der Waals surface area contributed by atoms with Gasteiger partial charge in [0.05, 0.1) is 6.54 Å². The van der Waals surface area contributed by atoms with Gasteiger partial charge in [-0.2, -0.15) is 0 Å². The lowest BCUT2D eigenvalue weighted by Crippen LogP contribution is -2.52. The Hall–Kier alpha value is -2.90. The van der Waals surface area contributed by atoms with E-state index in [1.807, 2.05) is 11.0 Å². The van der Waals surface area contributed by atoms with Gasteiger partial charge in [0.15, 0.2) is 0 Å². The molecule has 8 nitrogen and oxygen atoms in total. The van der Waals surface area contributed by atoms with Crippen molar-refractivity contribution >= 4 is 29.3 Å². The van der Waals surface area contributed by atoms with Crippen LogP contribution in [0.2, 0.25) is 0 Å². The standard InChI is InChI=1S/C21H26N4O4/c1-21(2)8-9-24(12-21)18(27)10-22-15-5-3-4-13-14(15)11-25(20(13)29)16-6-7-17(26)23-19(16)28/h3-5,16,22H,6-12H2,1-2H3,(H,23,26,28).